The van der Waals surface area contributed by atoms with Crippen LogP contribution in [0.3, 0.4) is 0 Å². The van der Waals surface area contributed by atoms with E-state index in [0.29, 0.717) is 37.0 Å². The second kappa shape index (κ2) is 24.5. The molecule has 2 aliphatic heterocycles. The van der Waals surface area contributed by atoms with E-state index in [1.165, 1.54) is 30.9 Å². The number of hydrogen-bond donors (Lipinski definition) is 5. The SMILES string of the molecule is CC[C@H](C)[C@H]1NC(=O)[C@@H](NC(=O)[C@@H](CC(C)C)N(C)C)[C@@H](C)OC(=O)[C@H](Cc2ccc(OC)cc2)N(C)C(=O)[C@@H]2CCCN2C(=O)[C@H](CC(C)C)NC(=O)[C@H](C(C)C)NC(=O)C[C@@H]1O. The second-order valence-corrected chi connectivity index (χ2v) is 19.1. The molecule has 0 spiro atoms. The predicted octanol–water partition coefficient (Wildman–Crippen LogP) is 2.42. The lowest BCUT2D eigenvalue weighted by Gasteiger charge is -2.35. The molecular formula is C47H77N7O10. The first kappa shape index (κ1) is 53.6. The molecule has 0 saturated carbocycles. The highest BCUT2D eigenvalue weighted by Gasteiger charge is 2.44. The Labute approximate surface area is 380 Å². The summed E-state index contributed by atoms with van der Waals surface area (Å²) in [4.78, 5) is 104. The van der Waals surface area contributed by atoms with Gasteiger partial charge in [-0.15, -0.1) is 0 Å². The minimum Gasteiger partial charge on any atom is -0.497 e. The summed E-state index contributed by atoms with van der Waals surface area (Å²) >= 11 is 0. The van der Waals surface area contributed by atoms with E-state index in [1.807, 2.05) is 34.6 Å². The molecule has 5 N–H and O–H groups in total. The van der Waals surface area contributed by atoms with Gasteiger partial charge in [-0.05, 0) is 88.1 Å². The summed E-state index contributed by atoms with van der Waals surface area (Å²) in [6, 6.07) is -0.531. The molecule has 17 heteroatoms. The van der Waals surface area contributed by atoms with Gasteiger partial charge in [0.05, 0.1) is 31.7 Å². The molecule has 2 aliphatic rings. The summed E-state index contributed by atoms with van der Waals surface area (Å²) in [5.74, 6) is -4.51. The summed E-state index contributed by atoms with van der Waals surface area (Å²) in [6.45, 7) is 16.6. The monoisotopic (exact) mass is 900 g/mol. The third-order valence-corrected chi connectivity index (χ3v) is 12.4. The Kier molecular flexibility index (Phi) is 20.5. The summed E-state index contributed by atoms with van der Waals surface area (Å²) in [6.07, 6.45) is -1.26. The number of amides is 6. The van der Waals surface area contributed by atoms with Crippen molar-refractivity contribution in [3.63, 3.8) is 0 Å². The molecule has 10 atom stereocenters. The van der Waals surface area contributed by atoms with Crippen LogP contribution in [0.4, 0.5) is 0 Å². The lowest BCUT2D eigenvalue weighted by Crippen LogP contribution is -2.61. The molecule has 3 rings (SSSR count). The molecule has 2 heterocycles. The number of aliphatic hydroxyl groups excluding tert-OH is 1. The number of rotatable bonds is 13. The minimum atomic E-state index is -1.48. The number of benzene rings is 1. The Bertz CT molecular complexity index is 1750. The van der Waals surface area contributed by atoms with Crippen molar-refractivity contribution in [2.75, 3.05) is 34.8 Å². The Morgan fingerprint density at radius 3 is 2.12 bits per heavy atom. The maximum Gasteiger partial charge on any atom is 0.329 e. The molecule has 64 heavy (non-hydrogen) atoms. The van der Waals surface area contributed by atoms with Crippen molar-refractivity contribution < 1.29 is 48.1 Å². The third-order valence-electron chi connectivity index (χ3n) is 12.4. The first-order chi connectivity index (χ1) is 30.0. The number of ether oxygens (including phenoxy) is 2. The van der Waals surface area contributed by atoms with Gasteiger partial charge in [-0.1, -0.05) is 73.9 Å². The number of cyclic esters (lactones) is 1. The number of aliphatic hydroxyl groups is 1. The average Bonchev–Trinajstić information content (AvgIpc) is 3.72. The largest absolute Gasteiger partial charge is 0.497 e. The third kappa shape index (κ3) is 14.6. The maximum atomic E-state index is 14.7. The van der Waals surface area contributed by atoms with Crippen LogP contribution in [0.5, 0.6) is 5.75 Å². The number of carbonyl (C=O) groups is 7. The molecule has 1 aromatic carbocycles. The van der Waals surface area contributed by atoms with Gasteiger partial charge < -0.3 is 45.6 Å². The van der Waals surface area contributed by atoms with Crippen molar-refractivity contribution in [1.82, 2.24) is 36.0 Å². The average molecular weight is 900 g/mol. The summed E-state index contributed by atoms with van der Waals surface area (Å²) in [5.41, 5.74) is 0.665. The molecular weight excluding hydrogens is 823 g/mol. The molecule has 0 unspecified atom stereocenters. The van der Waals surface area contributed by atoms with Gasteiger partial charge in [0.15, 0.2) is 0 Å². The minimum absolute atomic E-state index is 0.00923. The van der Waals surface area contributed by atoms with Crippen LogP contribution in [0.1, 0.15) is 106 Å². The van der Waals surface area contributed by atoms with E-state index < -0.39 is 108 Å². The molecule has 6 amide bonds. The first-order valence-electron chi connectivity index (χ1n) is 23.0. The Balaban J connectivity index is 2.23. The van der Waals surface area contributed by atoms with Crippen LogP contribution in [-0.2, 0) is 44.7 Å². The van der Waals surface area contributed by atoms with Gasteiger partial charge in [0, 0.05) is 20.0 Å². The zero-order valence-corrected chi connectivity index (χ0v) is 40.4. The van der Waals surface area contributed by atoms with Crippen LogP contribution in [0.15, 0.2) is 24.3 Å². The van der Waals surface area contributed by atoms with Gasteiger partial charge in [0.2, 0.25) is 35.4 Å². The molecule has 0 aliphatic carbocycles. The summed E-state index contributed by atoms with van der Waals surface area (Å²) < 4.78 is 11.4. The van der Waals surface area contributed by atoms with Gasteiger partial charge in [-0.25, -0.2) is 4.79 Å². The number of likely N-dealkylation sites (N-methyl/N-ethyl adjacent to an activating group) is 2. The van der Waals surface area contributed by atoms with Crippen molar-refractivity contribution in [1.29, 1.82) is 0 Å². The summed E-state index contributed by atoms with van der Waals surface area (Å²) in [7, 11) is 6.50. The molecule has 0 radical (unpaired) electrons. The maximum absolute atomic E-state index is 14.7. The smallest absolute Gasteiger partial charge is 0.329 e. The number of fused-ring (bicyclic) bond motifs is 1. The van der Waals surface area contributed by atoms with Gasteiger partial charge in [-0.3, -0.25) is 33.7 Å². The first-order valence-corrected chi connectivity index (χ1v) is 23.0. The van der Waals surface area contributed by atoms with E-state index >= 15 is 0 Å². The van der Waals surface area contributed by atoms with E-state index in [-0.39, 0.29) is 37.1 Å². The van der Waals surface area contributed by atoms with Gasteiger partial charge >= 0.3 is 5.97 Å². The number of methoxy groups -OCH3 is 1. The molecule has 0 aromatic heterocycles. The fourth-order valence-electron chi connectivity index (χ4n) is 8.38. The topological polar surface area (TPSA) is 216 Å². The van der Waals surface area contributed by atoms with Gasteiger partial charge in [0.1, 0.15) is 42.1 Å². The van der Waals surface area contributed by atoms with Crippen molar-refractivity contribution in [3.8, 4) is 5.75 Å². The van der Waals surface area contributed by atoms with Crippen LogP contribution in [0.25, 0.3) is 0 Å². The van der Waals surface area contributed by atoms with Crippen LogP contribution < -0.4 is 26.0 Å². The predicted molar refractivity (Wildman–Crippen MR) is 243 cm³/mol. The Morgan fingerprint density at radius 1 is 0.938 bits per heavy atom. The fourth-order valence-corrected chi connectivity index (χ4v) is 8.38. The molecule has 2 fully saturated rings. The summed E-state index contributed by atoms with van der Waals surface area (Å²) in [5, 5.41) is 23.0. The molecule has 1 aromatic rings. The lowest BCUT2D eigenvalue weighted by molar-refractivity contribution is -0.162. The molecule has 0 bridgehead atoms. The van der Waals surface area contributed by atoms with Gasteiger partial charge in [-0.2, -0.15) is 0 Å². The van der Waals surface area contributed by atoms with E-state index in [4.69, 9.17) is 9.47 Å². The standard InChI is InChI=1S/C47H77N7O10/c1-14-29(8)40-37(55)25-38(56)49-39(28(6)7)43(58)48-33(22-26(2)3)45(60)54-21-15-16-34(54)46(61)53(12)36(24-31-17-19-32(63-13)20-18-31)47(62)64-30(9)41(44(59)50-40)51-42(57)35(52(10)11)23-27(4)5/h17-20,26-30,33-37,39-41,55H,14-16,21-25H2,1-13H3,(H,48,58)(H,49,56)(H,50,59)(H,51,57)/t29-,30+,33-,34-,35+,36-,37-,39-,40+,41-/m0/s1. The number of esters is 1. The van der Waals surface area contributed by atoms with Gasteiger partial charge in [0.25, 0.3) is 0 Å². The second-order valence-electron chi connectivity index (χ2n) is 19.1. The van der Waals surface area contributed by atoms with Crippen molar-refractivity contribution in [3.05, 3.63) is 29.8 Å². The quantitative estimate of drug-likeness (QED) is 0.181. The molecule has 360 valence electrons. The number of hydrogen-bond acceptors (Lipinski definition) is 11. The highest BCUT2D eigenvalue weighted by Crippen LogP contribution is 2.25. The van der Waals surface area contributed by atoms with Crippen LogP contribution in [0, 0.1) is 23.7 Å². The van der Waals surface area contributed by atoms with E-state index in [1.54, 1.807) is 64.0 Å². The van der Waals surface area contributed by atoms with Crippen molar-refractivity contribution in [2.24, 2.45) is 23.7 Å². The number of nitrogens with one attached hydrogen (secondary N) is 4. The fraction of sp³-hybridized carbons (Fsp3) is 0.723. The van der Waals surface area contributed by atoms with Crippen molar-refractivity contribution in [2.45, 2.75) is 162 Å². The number of nitrogens with zero attached hydrogens (tertiary/aromatic N) is 3. The molecule has 2 saturated heterocycles. The Morgan fingerprint density at radius 2 is 1.58 bits per heavy atom. The van der Waals surface area contributed by atoms with E-state index in [2.05, 4.69) is 21.3 Å². The van der Waals surface area contributed by atoms with E-state index in [0.717, 1.165) is 0 Å². The van der Waals surface area contributed by atoms with Crippen LogP contribution in [-0.4, -0.2) is 151 Å². The highest BCUT2D eigenvalue weighted by molar-refractivity contribution is 5.96. The number of carbonyl (C=O) groups excluding carboxylic acids is 7. The zero-order chi connectivity index (χ0) is 48.2. The van der Waals surface area contributed by atoms with Crippen LogP contribution in [0.2, 0.25) is 0 Å². The van der Waals surface area contributed by atoms with Crippen molar-refractivity contribution >= 4 is 41.4 Å². The zero-order valence-electron chi connectivity index (χ0n) is 40.4. The highest BCUT2D eigenvalue weighted by atomic mass is 16.5. The van der Waals surface area contributed by atoms with Crippen LogP contribution >= 0.6 is 0 Å². The Hall–Kier alpha value is -4.77. The normalized spacial score (nSPS) is 27.1. The lowest BCUT2D eigenvalue weighted by atomic mass is 9.91. The molecule has 17 nitrogen and oxygen atoms in total. The van der Waals surface area contributed by atoms with E-state index in [9.17, 15) is 38.7 Å².